The Hall–Kier alpha value is -3.11. The van der Waals surface area contributed by atoms with Crippen molar-refractivity contribution < 1.29 is 19.0 Å². The highest BCUT2D eigenvalue weighted by Gasteiger charge is 2.13. The first-order valence-electron chi connectivity index (χ1n) is 13.0. The van der Waals surface area contributed by atoms with Gasteiger partial charge in [-0.05, 0) is 77.2 Å². The van der Waals surface area contributed by atoms with E-state index in [-0.39, 0.29) is 12.2 Å². The molecule has 2 heterocycles. The molecule has 1 N–H and O–H groups in total. The molecule has 3 aromatic rings. The lowest BCUT2D eigenvalue weighted by Crippen LogP contribution is -2.29. The van der Waals surface area contributed by atoms with Crippen LogP contribution in [0.3, 0.4) is 0 Å². The molecule has 1 saturated heterocycles. The Labute approximate surface area is 227 Å². The minimum Gasteiger partial charge on any atom is -0.382 e. The second-order valence-corrected chi connectivity index (χ2v) is 10.2. The van der Waals surface area contributed by atoms with E-state index >= 15 is 0 Å². The van der Waals surface area contributed by atoms with Crippen molar-refractivity contribution >= 4 is 39.8 Å². The Morgan fingerprint density at radius 1 is 0.947 bits per heavy atom. The van der Waals surface area contributed by atoms with Gasteiger partial charge in [0.15, 0.2) is 5.70 Å². The van der Waals surface area contributed by atoms with E-state index in [2.05, 4.69) is 51.8 Å². The molecule has 38 heavy (non-hydrogen) atoms. The number of hydrogen-bond donors (Lipinski definition) is 1. The number of rotatable bonds is 14. The van der Waals surface area contributed by atoms with Gasteiger partial charge in [0, 0.05) is 42.2 Å². The number of anilines is 1. The highest BCUT2D eigenvalue weighted by molar-refractivity contribution is 7.16. The number of ether oxygens (including phenoxy) is 3. The summed E-state index contributed by atoms with van der Waals surface area (Å²) in [5.74, 6) is -0.523. The lowest BCUT2D eigenvalue weighted by molar-refractivity contribution is -0.117. The van der Waals surface area contributed by atoms with Crippen LogP contribution in [0.5, 0.6) is 0 Å². The van der Waals surface area contributed by atoms with Crippen molar-refractivity contribution in [2.45, 2.75) is 19.3 Å². The van der Waals surface area contributed by atoms with Crippen LogP contribution in [-0.4, -0.2) is 65.7 Å². The minimum absolute atomic E-state index is 0.162. The second kappa shape index (κ2) is 14.7. The maximum Gasteiger partial charge on any atom is 0.273 e. The molecule has 2 aromatic carbocycles. The van der Waals surface area contributed by atoms with Gasteiger partial charge in [0.2, 0.25) is 0 Å². The summed E-state index contributed by atoms with van der Waals surface area (Å²) in [5.41, 5.74) is 2.23. The number of nitrogens with one attached hydrogen (secondary N) is 1. The first kappa shape index (κ1) is 27.9. The fourth-order valence-electron chi connectivity index (χ4n) is 4.38. The van der Waals surface area contributed by atoms with Gasteiger partial charge in [0.1, 0.15) is 0 Å². The van der Waals surface area contributed by atoms with Gasteiger partial charge in [0.05, 0.1) is 33.0 Å². The highest BCUT2D eigenvalue weighted by Crippen LogP contribution is 2.33. The molecule has 202 valence electrons. The molecule has 8 nitrogen and oxygen atoms in total. The maximum atomic E-state index is 12.4. The fraction of sp³-hybridized carbons (Fsp3) is 0.414. The lowest BCUT2D eigenvalue weighted by atomic mass is 10.0. The van der Waals surface area contributed by atoms with E-state index in [1.807, 2.05) is 12.1 Å². The normalized spacial score (nSPS) is 14.1. The monoisotopic (exact) mass is 537 g/mol. The molecule has 1 aliphatic rings. The zero-order valence-corrected chi connectivity index (χ0v) is 22.6. The van der Waals surface area contributed by atoms with E-state index in [1.165, 1.54) is 53.1 Å². The van der Waals surface area contributed by atoms with E-state index in [9.17, 15) is 9.70 Å². The predicted octanol–water partition coefficient (Wildman–Crippen LogP) is 5.46. The summed E-state index contributed by atoms with van der Waals surface area (Å²) in [5, 5.41) is 8.01. The predicted molar refractivity (Wildman–Crippen MR) is 154 cm³/mol. The van der Waals surface area contributed by atoms with Crippen molar-refractivity contribution in [3.8, 4) is 10.4 Å². The first-order valence-corrected chi connectivity index (χ1v) is 13.9. The molecule has 0 aliphatic carbocycles. The maximum absolute atomic E-state index is 12.4. The smallest absolute Gasteiger partial charge is 0.273 e. The summed E-state index contributed by atoms with van der Waals surface area (Å²) in [6.07, 6.45) is 5.36. The SMILES string of the molecule is COCCOCCOCCNC(=O)/C(=C/c1ccc(-c2ccc3cc(N4CCCCC4)ccc3c2)s1)N=O. The summed E-state index contributed by atoms with van der Waals surface area (Å²) >= 11 is 1.51. The van der Waals surface area contributed by atoms with Gasteiger partial charge in [0.25, 0.3) is 5.91 Å². The fourth-order valence-corrected chi connectivity index (χ4v) is 5.32. The summed E-state index contributed by atoms with van der Waals surface area (Å²) in [4.78, 5) is 28.0. The zero-order chi connectivity index (χ0) is 26.6. The van der Waals surface area contributed by atoms with Gasteiger partial charge in [-0.1, -0.05) is 18.2 Å². The summed E-state index contributed by atoms with van der Waals surface area (Å²) in [7, 11) is 1.62. The zero-order valence-electron chi connectivity index (χ0n) is 21.8. The van der Waals surface area contributed by atoms with Crippen molar-refractivity contribution in [3.63, 3.8) is 0 Å². The van der Waals surface area contributed by atoms with Gasteiger partial charge in [-0.3, -0.25) is 4.79 Å². The second-order valence-electron chi connectivity index (χ2n) is 9.09. The average Bonchev–Trinajstić information content (AvgIpc) is 3.43. The van der Waals surface area contributed by atoms with E-state index < -0.39 is 5.91 Å². The molecule has 1 amide bonds. The molecule has 9 heteroatoms. The Kier molecular flexibility index (Phi) is 10.8. The third-order valence-corrected chi connectivity index (χ3v) is 7.48. The standard InChI is InChI=1S/C29H35N3O5S/c1-35-15-16-37-18-17-36-14-11-30-29(33)27(31-34)21-26-9-10-28(38-26)24-6-5-23-20-25(8-7-22(23)19-24)32-12-3-2-4-13-32/h5-10,19-21H,2-4,11-18H2,1H3,(H,30,33)/b27-21-. The number of carbonyl (C=O) groups excluding carboxylic acids is 1. The molecule has 1 fully saturated rings. The third kappa shape index (κ3) is 7.94. The van der Waals surface area contributed by atoms with Gasteiger partial charge in [-0.2, -0.15) is 0 Å². The number of benzene rings is 2. The van der Waals surface area contributed by atoms with Gasteiger partial charge in [-0.25, -0.2) is 0 Å². The van der Waals surface area contributed by atoms with Crippen LogP contribution >= 0.6 is 11.3 Å². The van der Waals surface area contributed by atoms with E-state index in [1.54, 1.807) is 7.11 Å². The lowest BCUT2D eigenvalue weighted by Gasteiger charge is -2.29. The average molecular weight is 538 g/mol. The number of fused-ring (bicyclic) bond motifs is 1. The van der Waals surface area contributed by atoms with Crippen LogP contribution < -0.4 is 10.2 Å². The topological polar surface area (TPSA) is 89.5 Å². The van der Waals surface area contributed by atoms with Gasteiger partial charge < -0.3 is 24.4 Å². The molecule has 1 aromatic heterocycles. The molecule has 0 bridgehead atoms. The summed E-state index contributed by atoms with van der Waals surface area (Å²) in [6.45, 7) is 4.77. The van der Waals surface area contributed by atoms with E-state index in [4.69, 9.17) is 14.2 Å². The Balaban J connectivity index is 1.31. The van der Waals surface area contributed by atoms with Crippen LogP contribution in [0.15, 0.2) is 59.4 Å². The number of methoxy groups -OCH3 is 1. The van der Waals surface area contributed by atoms with Crippen LogP contribution in [0.25, 0.3) is 27.3 Å². The van der Waals surface area contributed by atoms with Crippen LogP contribution in [0.4, 0.5) is 5.69 Å². The van der Waals surface area contributed by atoms with E-state index in [0.717, 1.165) is 28.4 Å². The van der Waals surface area contributed by atoms with Crippen molar-refractivity contribution in [2.75, 3.05) is 64.7 Å². The van der Waals surface area contributed by atoms with Crippen molar-refractivity contribution in [1.82, 2.24) is 5.32 Å². The van der Waals surface area contributed by atoms with Gasteiger partial charge in [-0.15, -0.1) is 16.2 Å². The third-order valence-electron chi connectivity index (χ3n) is 6.40. The summed E-state index contributed by atoms with van der Waals surface area (Å²) in [6, 6.07) is 17.0. The van der Waals surface area contributed by atoms with Crippen molar-refractivity contribution in [2.24, 2.45) is 5.18 Å². The Morgan fingerprint density at radius 2 is 1.68 bits per heavy atom. The van der Waals surface area contributed by atoms with Crippen LogP contribution in [0, 0.1) is 4.91 Å². The molecule has 0 spiro atoms. The molecular weight excluding hydrogens is 502 g/mol. The van der Waals surface area contributed by atoms with Crippen molar-refractivity contribution in [1.29, 1.82) is 0 Å². The number of nitroso groups, excluding NO2 is 1. The first-order chi connectivity index (χ1) is 18.7. The Bertz CT molecular complexity index is 1240. The number of amides is 1. The molecule has 4 rings (SSSR count). The highest BCUT2D eigenvalue weighted by atomic mass is 32.1. The number of thiophene rings is 1. The van der Waals surface area contributed by atoms with Crippen LogP contribution in [0.1, 0.15) is 24.1 Å². The van der Waals surface area contributed by atoms with Gasteiger partial charge >= 0.3 is 0 Å². The largest absolute Gasteiger partial charge is 0.382 e. The quantitative estimate of drug-likeness (QED) is 0.167. The van der Waals surface area contributed by atoms with E-state index in [0.29, 0.717) is 33.0 Å². The number of hydrogen-bond acceptors (Lipinski definition) is 8. The summed E-state index contributed by atoms with van der Waals surface area (Å²) < 4.78 is 15.6. The molecule has 0 saturated carbocycles. The molecule has 0 atom stereocenters. The van der Waals surface area contributed by atoms with Crippen LogP contribution in [-0.2, 0) is 19.0 Å². The number of piperidine rings is 1. The molecular formula is C29H35N3O5S. The minimum atomic E-state index is -0.523. The molecule has 0 radical (unpaired) electrons. The molecule has 1 aliphatic heterocycles. The van der Waals surface area contributed by atoms with Crippen LogP contribution in [0.2, 0.25) is 0 Å². The number of carbonyl (C=O) groups is 1. The van der Waals surface area contributed by atoms with Crippen molar-refractivity contribution in [3.05, 3.63) is 64.0 Å². The molecule has 0 unspecified atom stereocenters. The number of nitrogens with zero attached hydrogens (tertiary/aromatic N) is 2. The Morgan fingerprint density at radius 3 is 2.47 bits per heavy atom.